The van der Waals surface area contributed by atoms with Gasteiger partial charge < -0.3 is 19.9 Å². The van der Waals surface area contributed by atoms with Crippen molar-refractivity contribution in [3.8, 4) is 0 Å². The van der Waals surface area contributed by atoms with E-state index >= 15 is 0 Å². The van der Waals surface area contributed by atoms with Crippen molar-refractivity contribution in [2.24, 2.45) is 10.9 Å². The zero-order valence-corrected chi connectivity index (χ0v) is 19.0. The highest BCUT2D eigenvalue weighted by atomic mass is 127. The van der Waals surface area contributed by atoms with Gasteiger partial charge in [0.25, 0.3) is 0 Å². The van der Waals surface area contributed by atoms with Gasteiger partial charge in [-0.05, 0) is 31.2 Å². The minimum Gasteiger partial charge on any atom is -0.379 e. The van der Waals surface area contributed by atoms with Crippen molar-refractivity contribution in [1.29, 1.82) is 0 Å². The van der Waals surface area contributed by atoms with E-state index in [0.717, 1.165) is 24.6 Å². The van der Waals surface area contributed by atoms with Crippen LogP contribution in [0.3, 0.4) is 0 Å². The lowest BCUT2D eigenvalue weighted by atomic mass is 10.2. The molecule has 0 atom stereocenters. The van der Waals surface area contributed by atoms with Gasteiger partial charge in [0, 0.05) is 40.3 Å². The van der Waals surface area contributed by atoms with Crippen LogP contribution >= 0.6 is 24.0 Å². The van der Waals surface area contributed by atoms with Crippen molar-refractivity contribution in [2.75, 3.05) is 46.9 Å². The molecule has 1 N–H and O–H groups in total. The molecule has 0 bridgehead atoms. The monoisotopic (exact) mass is 488 g/mol. The van der Waals surface area contributed by atoms with E-state index in [4.69, 9.17) is 4.74 Å². The molecule has 0 aromatic heterocycles. The van der Waals surface area contributed by atoms with E-state index in [9.17, 15) is 4.79 Å². The van der Waals surface area contributed by atoms with Crippen molar-refractivity contribution >= 4 is 35.8 Å². The second kappa shape index (κ2) is 12.9. The van der Waals surface area contributed by atoms with E-state index in [2.05, 4.69) is 10.3 Å². The number of rotatable bonds is 10. The number of halogens is 1. The zero-order chi connectivity index (χ0) is 18.8. The fraction of sp³-hybridized carbons (Fsp3) is 0.600. The number of benzene rings is 1. The first-order chi connectivity index (χ1) is 12.6. The first kappa shape index (κ1) is 23.7. The van der Waals surface area contributed by atoms with Crippen LogP contribution in [-0.2, 0) is 16.1 Å². The number of carbonyl (C=O) groups excluding carboxylic acids is 1. The Balaban J connectivity index is 0.00000364. The highest BCUT2D eigenvalue weighted by molar-refractivity contribution is 14.0. The third-order valence-electron chi connectivity index (χ3n) is 4.54. The second-order valence-electron chi connectivity index (χ2n) is 6.73. The molecule has 1 aromatic carbocycles. The molecule has 0 radical (unpaired) electrons. The quantitative estimate of drug-likeness (QED) is 0.238. The molecule has 1 aromatic rings. The summed E-state index contributed by atoms with van der Waals surface area (Å²) in [5.41, 5.74) is 1.14. The van der Waals surface area contributed by atoms with Crippen molar-refractivity contribution < 1.29 is 9.53 Å². The molecule has 0 spiro atoms. The fourth-order valence-corrected chi connectivity index (χ4v) is 2.67. The molecule has 1 aliphatic carbocycles. The van der Waals surface area contributed by atoms with E-state index in [0.29, 0.717) is 25.7 Å². The van der Waals surface area contributed by atoms with E-state index in [1.165, 1.54) is 12.8 Å². The van der Waals surface area contributed by atoms with Crippen molar-refractivity contribution in [1.82, 2.24) is 15.1 Å². The Labute approximate surface area is 180 Å². The summed E-state index contributed by atoms with van der Waals surface area (Å²) in [7, 11) is 3.69. The van der Waals surface area contributed by atoms with Crippen molar-refractivity contribution in [2.45, 2.75) is 26.3 Å². The maximum Gasteiger partial charge on any atom is 0.242 e. The Kier molecular flexibility index (Phi) is 11.3. The van der Waals surface area contributed by atoms with Gasteiger partial charge in [0.15, 0.2) is 5.96 Å². The van der Waals surface area contributed by atoms with Crippen LogP contribution in [0.4, 0.5) is 0 Å². The highest BCUT2D eigenvalue weighted by Gasteiger charge is 2.21. The lowest BCUT2D eigenvalue weighted by Crippen LogP contribution is -2.45. The number of likely N-dealkylation sites (N-methyl/N-ethyl adjacent to an activating group) is 2. The van der Waals surface area contributed by atoms with Gasteiger partial charge in [-0.2, -0.15) is 0 Å². The first-order valence-electron chi connectivity index (χ1n) is 9.45. The van der Waals surface area contributed by atoms with Crippen LogP contribution in [-0.4, -0.2) is 68.6 Å². The summed E-state index contributed by atoms with van der Waals surface area (Å²) in [6.45, 7) is 5.84. The van der Waals surface area contributed by atoms with E-state index in [1.807, 2.05) is 54.1 Å². The van der Waals surface area contributed by atoms with Crippen molar-refractivity contribution in [3.63, 3.8) is 0 Å². The Morgan fingerprint density at radius 1 is 1.30 bits per heavy atom. The van der Waals surface area contributed by atoms with E-state index in [1.54, 1.807) is 7.05 Å². The molecule has 1 fully saturated rings. The molecule has 152 valence electrons. The second-order valence-corrected chi connectivity index (χ2v) is 6.73. The predicted molar refractivity (Wildman–Crippen MR) is 120 cm³/mol. The minimum absolute atomic E-state index is 0. The summed E-state index contributed by atoms with van der Waals surface area (Å²) >= 11 is 0. The van der Waals surface area contributed by atoms with Gasteiger partial charge in [0.2, 0.25) is 5.91 Å². The number of carbonyl (C=O) groups is 1. The molecule has 27 heavy (non-hydrogen) atoms. The van der Waals surface area contributed by atoms with Crippen LogP contribution in [0.15, 0.2) is 35.3 Å². The minimum atomic E-state index is 0. The molecule has 0 saturated heterocycles. The maximum atomic E-state index is 12.5. The summed E-state index contributed by atoms with van der Waals surface area (Å²) in [5.74, 6) is 1.56. The number of hydrogen-bond donors (Lipinski definition) is 1. The van der Waals surface area contributed by atoms with Gasteiger partial charge >= 0.3 is 0 Å². The molecule has 1 amide bonds. The predicted octanol–water partition coefficient (Wildman–Crippen LogP) is 2.59. The first-order valence-corrected chi connectivity index (χ1v) is 9.45. The van der Waals surface area contributed by atoms with Crippen LogP contribution in [0.1, 0.15) is 25.3 Å². The fourth-order valence-electron chi connectivity index (χ4n) is 2.67. The van der Waals surface area contributed by atoms with Gasteiger partial charge in [0.05, 0.1) is 13.2 Å². The largest absolute Gasteiger partial charge is 0.379 e. The van der Waals surface area contributed by atoms with Gasteiger partial charge in [0.1, 0.15) is 0 Å². The number of aliphatic imine (C=N–C) groups is 1. The third kappa shape index (κ3) is 8.92. The molecular weight excluding hydrogens is 455 g/mol. The third-order valence-corrected chi connectivity index (χ3v) is 4.54. The lowest BCUT2D eigenvalue weighted by molar-refractivity contribution is -0.130. The summed E-state index contributed by atoms with van der Waals surface area (Å²) in [6, 6.07) is 10.1. The SMILES string of the molecule is CCN(Cc1ccccc1)C(=O)CNC(=NC)N(C)CCOCC1CC1.I. The molecule has 0 heterocycles. The van der Waals surface area contributed by atoms with Crippen LogP contribution in [0.25, 0.3) is 0 Å². The summed E-state index contributed by atoms with van der Waals surface area (Å²) in [4.78, 5) is 20.6. The topological polar surface area (TPSA) is 57.2 Å². The molecular formula is C20H33IN4O2. The normalized spacial score (nSPS) is 13.7. The molecule has 2 rings (SSSR count). The Bertz CT molecular complexity index is 579. The number of nitrogens with zero attached hydrogens (tertiary/aromatic N) is 3. The summed E-state index contributed by atoms with van der Waals surface area (Å²) in [6.07, 6.45) is 2.61. The Morgan fingerprint density at radius 3 is 2.59 bits per heavy atom. The standard InChI is InChI=1S/C20H32N4O2.HI/c1-4-24(15-17-8-6-5-7-9-17)19(25)14-22-20(21-2)23(3)12-13-26-16-18-10-11-18;/h5-9,18H,4,10-16H2,1-3H3,(H,21,22);1H. The van der Waals surface area contributed by atoms with Gasteiger partial charge in [-0.15, -0.1) is 24.0 Å². The van der Waals surface area contributed by atoms with E-state index < -0.39 is 0 Å². The smallest absolute Gasteiger partial charge is 0.242 e. The maximum absolute atomic E-state index is 12.5. The molecule has 0 unspecified atom stereocenters. The number of guanidine groups is 1. The van der Waals surface area contributed by atoms with E-state index in [-0.39, 0.29) is 36.4 Å². The van der Waals surface area contributed by atoms with Crippen LogP contribution in [0.2, 0.25) is 0 Å². The molecule has 1 aliphatic rings. The van der Waals surface area contributed by atoms with Crippen LogP contribution in [0.5, 0.6) is 0 Å². The number of amides is 1. The summed E-state index contributed by atoms with van der Waals surface area (Å²) < 4.78 is 5.67. The number of nitrogens with one attached hydrogen (secondary N) is 1. The molecule has 7 heteroatoms. The summed E-state index contributed by atoms with van der Waals surface area (Å²) in [5, 5.41) is 3.16. The van der Waals surface area contributed by atoms with Crippen molar-refractivity contribution in [3.05, 3.63) is 35.9 Å². The number of hydrogen-bond acceptors (Lipinski definition) is 3. The van der Waals surface area contributed by atoms with Crippen LogP contribution in [0, 0.1) is 5.92 Å². The van der Waals surface area contributed by atoms with Gasteiger partial charge in [-0.25, -0.2) is 0 Å². The Morgan fingerprint density at radius 2 is 2.00 bits per heavy atom. The molecule has 6 nitrogen and oxygen atoms in total. The average molecular weight is 488 g/mol. The number of ether oxygens (including phenoxy) is 1. The lowest BCUT2D eigenvalue weighted by Gasteiger charge is -2.25. The highest BCUT2D eigenvalue weighted by Crippen LogP contribution is 2.28. The van der Waals surface area contributed by atoms with Crippen LogP contribution < -0.4 is 5.32 Å². The molecule has 0 aliphatic heterocycles. The zero-order valence-electron chi connectivity index (χ0n) is 16.7. The van der Waals surface area contributed by atoms with Gasteiger partial charge in [-0.3, -0.25) is 9.79 Å². The average Bonchev–Trinajstić information content (AvgIpc) is 3.48. The Hall–Kier alpha value is -1.35. The molecule has 1 saturated carbocycles. The van der Waals surface area contributed by atoms with Gasteiger partial charge in [-0.1, -0.05) is 30.3 Å².